The molecule has 0 unspecified atom stereocenters. The molecule has 3 nitrogen and oxygen atoms in total. The maximum absolute atomic E-state index is 9.23. The van der Waals surface area contributed by atoms with Crippen LogP contribution in [0.25, 0.3) is 0 Å². The molecule has 88 valence electrons. The van der Waals surface area contributed by atoms with Gasteiger partial charge in [0.25, 0.3) is 0 Å². The molecule has 3 N–H and O–H groups in total. The zero-order valence-corrected chi connectivity index (χ0v) is 9.78. The van der Waals surface area contributed by atoms with Gasteiger partial charge in [-0.05, 0) is 57.0 Å². The molecule has 0 heterocycles. The molecule has 0 aliphatic heterocycles. The van der Waals surface area contributed by atoms with Crippen molar-refractivity contribution in [2.75, 3.05) is 26.7 Å². The molecule has 0 aromatic rings. The zero-order valence-electron chi connectivity index (χ0n) is 9.78. The Hall–Kier alpha value is -0.120. The van der Waals surface area contributed by atoms with Gasteiger partial charge in [0.05, 0.1) is 6.10 Å². The highest BCUT2D eigenvalue weighted by molar-refractivity contribution is 4.95. The molecule has 0 amide bonds. The molecular weight excluding hydrogens is 188 g/mol. The first-order valence-corrected chi connectivity index (χ1v) is 6.20. The van der Waals surface area contributed by atoms with Gasteiger partial charge >= 0.3 is 0 Å². The molecule has 0 spiro atoms. The van der Waals surface area contributed by atoms with E-state index in [0.717, 1.165) is 31.8 Å². The van der Waals surface area contributed by atoms with Crippen molar-refractivity contribution >= 4 is 0 Å². The van der Waals surface area contributed by atoms with E-state index in [4.69, 9.17) is 5.73 Å². The normalized spacial score (nSPS) is 32.8. The van der Waals surface area contributed by atoms with E-state index >= 15 is 0 Å². The van der Waals surface area contributed by atoms with Crippen LogP contribution in [0.3, 0.4) is 0 Å². The molecule has 2 rings (SSSR count). The Labute approximate surface area is 92.6 Å². The minimum Gasteiger partial charge on any atom is -0.393 e. The predicted molar refractivity (Wildman–Crippen MR) is 61.6 cm³/mol. The van der Waals surface area contributed by atoms with Gasteiger partial charge in [-0.25, -0.2) is 0 Å². The lowest BCUT2D eigenvalue weighted by Gasteiger charge is -2.35. The van der Waals surface area contributed by atoms with Crippen LogP contribution in [0.1, 0.15) is 32.1 Å². The number of aliphatic hydroxyl groups excluding tert-OH is 1. The Balaban J connectivity index is 1.66. The summed E-state index contributed by atoms with van der Waals surface area (Å²) < 4.78 is 0. The summed E-state index contributed by atoms with van der Waals surface area (Å²) in [7, 11) is 2.21. The summed E-state index contributed by atoms with van der Waals surface area (Å²) in [5.41, 5.74) is 6.20. The van der Waals surface area contributed by atoms with Crippen LogP contribution in [0.15, 0.2) is 0 Å². The van der Waals surface area contributed by atoms with Crippen LogP contribution >= 0.6 is 0 Å². The van der Waals surface area contributed by atoms with E-state index in [1.165, 1.54) is 25.8 Å². The van der Waals surface area contributed by atoms with Crippen LogP contribution in [0.2, 0.25) is 0 Å². The molecule has 2 aliphatic rings. The molecule has 0 bridgehead atoms. The summed E-state index contributed by atoms with van der Waals surface area (Å²) in [5, 5.41) is 9.23. The van der Waals surface area contributed by atoms with Gasteiger partial charge in [-0.15, -0.1) is 0 Å². The Morgan fingerprint density at radius 2 is 2.07 bits per heavy atom. The average Bonchev–Trinajstić information content (AvgIpc) is 2.82. The van der Waals surface area contributed by atoms with E-state index in [1.54, 1.807) is 0 Å². The molecule has 3 heteroatoms. The maximum atomic E-state index is 9.23. The van der Waals surface area contributed by atoms with Crippen molar-refractivity contribution in [2.24, 2.45) is 17.1 Å². The van der Waals surface area contributed by atoms with Gasteiger partial charge in [0.2, 0.25) is 0 Å². The predicted octanol–water partition coefficient (Wildman–Crippen LogP) is 0.818. The van der Waals surface area contributed by atoms with Crippen molar-refractivity contribution in [3.05, 3.63) is 0 Å². The van der Waals surface area contributed by atoms with Crippen molar-refractivity contribution in [2.45, 2.75) is 38.2 Å². The summed E-state index contributed by atoms with van der Waals surface area (Å²) in [6.45, 7) is 3.19. The molecule has 0 atom stereocenters. The number of nitrogens with two attached hydrogens (primary N) is 1. The van der Waals surface area contributed by atoms with Crippen LogP contribution in [-0.2, 0) is 0 Å². The highest BCUT2D eigenvalue weighted by Crippen LogP contribution is 2.49. The van der Waals surface area contributed by atoms with Gasteiger partial charge in [0.15, 0.2) is 0 Å². The fraction of sp³-hybridized carbons (Fsp3) is 1.00. The van der Waals surface area contributed by atoms with Crippen LogP contribution in [0.5, 0.6) is 0 Å². The quantitative estimate of drug-likeness (QED) is 0.685. The Bertz CT molecular complexity index is 210. The average molecular weight is 212 g/mol. The summed E-state index contributed by atoms with van der Waals surface area (Å²) in [6.07, 6.45) is 5.92. The number of aliphatic hydroxyl groups is 1. The van der Waals surface area contributed by atoms with E-state index in [1.807, 2.05) is 0 Å². The second-order valence-corrected chi connectivity index (χ2v) is 5.73. The minimum atomic E-state index is -0.0117. The molecular formula is C12H24N2O. The highest BCUT2D eigenvalue weighted by Gasteiger charge is 2.42. The van der Waals surface area contributed by atoms with Crippen molar-refractivity contribution in [3.63, 3.8) is 0 Å². The van der Waals surface area contributed by atoms with Gasteiger partial charge in [0, 0.05) is 13.1 Å². The second kappa shape index (κ2) is 4.40. The van der Waals surface area contributed by atoms with E-state index in [-0.39, 0.29) is 6.10 Å². The van der Waals surface area contributed by atoms with Gasteiger partial charge in [0.1, 0.15) is 0 Å². The number of hydrogen-bond acceptors (Lipinski definition) is 3. The first-order chi connectivity index (χ1) is 7.13. The van der Waals surface area contributed by atoms with E-state index in [2.05, 4.69) is 11.9 Å². The van der Waals surface area contributed by atoms with Gasteiger partial charge < -0.3 is 15.7 Å². The van der Waals surface area contributed by atoms with E-state index in [0.29, 0.717) is 5.41 Å². The fourth-order valence-electron chi connectivity index (χ4n) is 2.90. The van der Waals surface area contributed by atoms with Gasteiger partial charge in [-0.1, -0.05) is 0 Å². The lowest BCUT2D eigenvalue weighted by atomic mass is 9.82. The molecule has 0 saturated heterocycles. The first kappa shape index (κ1) is 11.4. The molecule has 0 radical (unpaired) electrons. The van der Waals surface area contributed by atoms with Crippen LogP contribution < -0.4 is 5.73 Å². The third-order valence-corrected chi connectivity index (χ3v) is 4.02. The van der Waals surface area contributed by atoms with Crippen LogP contribution in [-0.4, -0.2) is 42.8 Å². The van der Waals surface area contributed by atoms with Crippen molar-refractivity contribution in [1.29, 1.82) is 0 Å². The monoisotopic (exact) mass is 212 g/mol. The minimum absolute atomic E-state index is 0.0117. The summed E-state index contributed by atoms with van der Waals surface area (Å²) in [4.78, 5) is 2.44. The number of hydrogen-bond donors (Lipinski definition) is 2. The van der Waals surface area contributed by atoms with Crippen molar-refractivity contribution < 1.29 is 5.11 Å². The van der Waals surface area contributed by atoms with Gasteiger partial charge in [-0.2, -0.15) is 0 Å². The third kappa shape index (κ3) is 2.92. The standard InChI is InChI=1S/C12H24N2O/c1-14(8-10-6-11(15)7-10)9-12(2-3-12)4-5-13/h10-11,15H,2-9,13H2,1H3. The Morgan fingerprint density at radius 1 is 1.40 bits per heavy atom. The smallest absolute Gasteiger partial charge is 0.0546 e. The second-order valence-electron chi connectivity index (χ2n) is 5.73. The Morgan fingerprint density at radius 3 is 2.53 bits per heavy atom. The zero-order chi connectivity index (χ0) is 10.9. The highest BCUT2D eigenvalue weighted by atomic mass is 16.3. The third-order valence-electron chi connectivity index (χ3n) is 4.02. The number of rotatable bonds is 6. The van der Waals surface area contributed by atoms with E-state index in [9.17, 15) is 5.11 Å². The van der Waals surface area contributed by atoms with Crippen molar-refractivity contribution in [1.82, 2.24) is 4.90 Å². The Kier molecular flexibility index (Phi) is 3.33. The molecule has 0 aromatic heterocycles. The molecule has 0 aromatic carbocycles. The van der Waals surface area contributed by atoms with E-state index < -0.39 is 0 Å². The lowest BCUT2D eigenvalue weighted by molar-refractivity contribution is 0.0256. The summed E-state index contributed by atoms with van der Waals surface area (Å²) >= 11 is 0. The SMILES string of the molecule is CN(CC1CC(O)C1)CC1(CCN)CC1. The topological polar surface area (TPSA) is 49.5 Å². The largest absolute Gasteiger partial charge is 0.393 e. The van der Waals surface area contributed by atoms with Crippen molar-refractivity contribution in [3.8, 4) is 0 Å². The van der Waals surface area contributed by atoms with Crippen LogP contribution in [0, 0.1) is 11.3 Å². The molecule has 2 fully saturated rings. The molecule has 15 heavy (non-hydrogen) atoms. The maximum Gasteiger partial charge on any atom is 0.0546 e. The first-order valence-electron chi connectivity index (χ1n) is 6.20. The molecule has 2 aliphatic carbocycles. The van der Waals surface area contributed by atoms with Crippen LogP contribution in [0.4, 0.5) is 0 Å². The summed E-state index contributed by atoms with van der Waals surface area (Å²) in [5.74, 6) is 0.735. The molecule has 2 saturated carbocycles. The lowest BCUT2D eigenvalue weighted by Crippen LogP contribution is -2.39. The fourth-order valence-corrected chi connectivity index (χ4v) is 2.90. The number of nitrogens with zero attached hydrogens (tertiary/aromatic N) is 1. The summed E-state index contributed by atoms with van der Waals surface area (Å²) in [6, 6.07) is 0. The van der Waals surface area contributed by atoms with Gasteiger partial charge in [-0.3, -0.25) is 0 Å².